The number of nitrogens with one attached hydrogen (secondary N) is 2. The third-order valence-electron chi connectivity index (χ3n) is 4.13. The van der Waals surface area contributed by atoms with Crippen LogP contribution in [0, 0.1) is 0 Å². The molecule has 0 bridgehead atoms. The number of aromatic amines is 1. The number of alkyl halides is 6. The Morgan fingerprint density at radius 2 is 1.64 bits per heavy atom. The first kappa shape index (κ1) is 17.8. The summed E-state index contributed by atoms with van der Waals surface area (Å²) in [7, 11) is 0. The highest BCUT2D eigenvalue weighted by Gasteiger charge is 2.37. The molecule has 25 heavy (non-hydrogen) atoms. The van der Waals surface area contributed by atoms with Gasteiger partial charge in [-0.1, -0.05) is 0 Å². The molecule has 9 heteroatoms. The van der Waals surface area contributed by atoms with E-state index < -0.39 is 23.5 Å². The zero-order valence-corrected chi connectivity index (χ0v) is 12.9. The molecule has 0 saturated carbocycles. The van der Waals surface area contributed by atoms with Crippen LogP contribution in [0.15, 0.2) is 24.4 Å². The average Bonchev–Trinajstić information content (AvgIpc) is 3.17. The Hall–Kier alpha value is -2.03. The number of aromatic nitrogens is 2. The van der Waals surface area contributed by atoms with Gasteiger partial charge in [-0.2, -0.15) is 26.3 Å². The number of rotatable bonds is 3. The third-order valence-corrected chi connectivity index (χ3v) is 4.13. The molecule has 1 unspecified atom stereocenters. The van der Waals surface area contributed by atoms with E-state index in [0.717, 1.165) is 19.4 Å². The first-order valence-electron chi connectivity index (χ1n) is 7.70. The van der Waals surface area contributed by atoms with E-state index >= 15 is 0 Å². The summed E-state index contributed by atoms with van der Waals surface area (Å²) in [5.41, 5.74) is -2.75. The van der Waals surface area contributed by atoms with Gasteiger partial charge >= 0.3 is 12.4 Å². The number of nitrogens with zero attached hydrogens (tertiary/aromatic N) is 1. The fraction of sp³-hybridized carbons (Fsp3) is 0.438. The summed E-state index contributed by atoms with van der Waals surface area (Å²) in [6, 6.07) is 1.72. The number of H-pyrrole nitrogens is 1. The Morgan fingerprint density at radius 3 is 2.16 bits per heavy atom. The molecule has 136 valence electrons. The van der Waals surface area contributed by atoms with Crippen LogP contribution in [0.5, 0.6) is 0 Å². The normalized spacial score (nSPS) is 18.7. The molecule has 1 aromatic heterocycles. The number of halogens is 6. The van der Waals surface area contributed by atoms with Crippen molar-refractivity contribution in [2.75, 3.05) is 6.54 Å². The predicted molar refractivity (Wildman–Crippen MR) is 78.8 cm³/mol. The molecular formula is C16H15F6N3. The standard InChI is InChI=1S/C16H15F6N3/c17-15(18,19)10-4-9(5-11(6-10)16(20,21)22)13-8-24-14(25-13)7-12-2-1-3-23-12/h4-6,8,12,23H,1-3,7H2,(H,24,25). The van der Waals surface area contributed by atoms with Gasteiger partial charge in [-0.3, -0.25) is 0 Å². The Balaban J connectivity index is 1.94. The highest BCUT2D eigenvalue weighted by molar-refractivity contribution is 5.61. The van der Waals surface area contributed by atoms with E-state index in [4.69, 9.17) is 0 Å². The maximum atomic E-state index is 12.9. The van der Waals surface area contributed by atoms with E-state index in [9.17, 15) is 26.3 Å². The van der Waals surface area contributed by atoms with E-state index in [2.05, 4.69) is 15.3 Å². The van der Waals surface area contributed by atoms with Crippen LogP contribution in [0.25, 0.3) is 11.3 Å². The molecule has 3 rings (SSSR count). The summed E-state index contributed by atoms with van der Waals surface area (Å²) >= 11 is 0. The molecule has 1 saturated heterocycles. The maximum Gasteiger partial charge on any atom is 0.416 e. The average molecular weight is 363 g/mol. The van der Waals surface area contributed by atoms with Crippen molar-refractivity contribution in [3.63, 3.8) is 0 Å². The number of hydrogen-bond acceptors (Lipinski definition) is 2. The van der Waals surface area contributed by atoms with Crippen molar-refractivity contribution in [2.45, 2.75) is 37.7 Å². The second-order valence-electron chi connectivity index (χ2n) is 6.04. The van der Waals surface area contributed by atoms with Crippen molar-refractivity contribution in [3.8, 4) is 11.3 Å². The van der Waals surface area contributed by atoms with E-state index in [1.807, 2.05) is 0 Å². The lowest BCUT2D eigenvalue weighted by atomic mass is 10.0. The van der Waals surface area contributed by atoms with Gasteiger partial charge in [0.05, 0.1) is 23.0 Å². The molecule has 3 nitrogen and oxygen atoms in total. The lowest BCUT2D eigenvalue weighted by molar-refractivity contribution is -0.143. The summed E-state index contributed by atoms with van der Waals surface area (Å²) in [6.07, 6.45) is -5.94. The van der Waals surface area contributed by atoms with Crippen LogP contribution >= 0.6 is 0 Å². The van der Waals surface area contributed by atoms with Crippen LogP contribution in [0.1, 0.15) is 29.8 Å². The Labute approximate surface area is 139 Å². The SMILES string of the molecule is FC(F)(F)c1cc(-c2cnc(CC3CCCN3)[nH]2)cc(C(F)(F)F)c1. The van der Waals surface area contributed by atoms with Crippen molar-refractivity contribution in [1.82, 2.24) is 15.3 Å². The summed E-state index contributed by atoms with van der Waals surface area (Å²) < 4.78 is 77.6. The van der Waals surface area contributed by atoms with Gasteiger partial charge < -0.3 is 10.3 Å². The topological polar surface area (TPSA) is 40.7 Å². The van der Waals surface area contributed by atoms with E-state index in [1.54, 1.807) is 0 Å². The Kier molecular flexibility index (Phi) is 4.52. The fourth-order valence-corrected chi connectivity index (χ4v) is 2.89. The first-order valence-corrected chi connectivity index (χ1v) is 7.70. The van der Waals surface area contributed by atoms with Gasteiger partial charge in [-0.05, 0) is 37.6 Å². The van der Waals surface area contributed by atoms with Crippen molar-refractivity contribution in [3.05, 3.63) is 41.3 Å². The van der Waals surface area contributed by atoms with Gasteiger partial charge in [0.15, 0.2) is 0 Å². The van der Waals surface area contributed by atoms with E-state index in [-0.39, 0.29) is 23.4 Å². The van der Waals surface area contributed by atoms with Gasteiger partial charge in [0.2, 0.25) is 0 Å². The van der Waals surface area contributed by atoms with Crippen LogP contribution in [0.2, 0.25) is 0 Å². The minimum atomic E-state index is -4.87. The van der Waals surface area contributed by atoms with Crippen LogP contribution in [-0.2, 0) is 18.8 Å². The second-order valence-corrected chi connectivity index (χ2v) is 6.04. The molecular weight excluding hydrogens is 348 g/mol. The lowest BCUT2D eigenvalue weighted by Crippen LogP contribution is -2.24. The second kappa shape index (κ2) is 6.36. The van der Waals surface area contributed by atoms with Gasteiger partial charge in [0.1, 0.15) is 5.82 Å². The van der Waals surface area contributed by atoms with Crippen molar-refractivity contribution < 1.29 is 26.3 Å². The smallest absolute Gasteiger partial charge is 0.342 e. The van der Waals surface area contributed by atoms with E-state index in [0.29, 0.717) is 24.4 Å². The molecule has 1 aromatic carbocycles. The molecule has 2 aromatic rings. The molecule has 1 aliphatic rings. The first-order chi connectivity index (χ1) is 11.6. The molecule has 1 atom stereocenters. The van der Waals surface area contributed by atoms with Gasteiger partial charge in [0, 0.05) is 18.0 Å². The highest BCUT2D eigenvalue weighted by atomic mass is 19.4. The predicted octanol–water partition coefficient (Wildman–Crippen LogP) is 4.41. The summed E-state index contributed by atoms with van der Waals surface area (Å²) in [5.74, 6) is 0.528. The Bertz CT molecular complexity index is 709. The summed E-state index contributed by atoms with van der Waals surface area (Å²) in [5, 5.41) is 3.25. The minimum absolute atomic E-state index is 0.114. The van der Waals surface area contributed by atoms with Gasteiger partial charge in [-0.15, -0.1) is 0 Å². The largest absolute Gasteiger partial charge is 0.416 e. The summed E-state index contributed by atoms with van der Waals surface area (Å²) in [6.45, 7) is 0.890. The molecule has 2 heterocycles. The van der Waals surface area contributed by atoms with Crippen molar-refractivity contribution >= 4 is 0 Å². The summed E-state index contributed by atoms with van der Waals surface area (Å²) in [4.78, 5) is 6.91. The number of hydrogen-bond donors (Lipinski definition) is 2. The molecule has 0 amide bonds. The lowest BCUT2D eigenvalue weighted by Gasteiger charge is -2.13. The van der Waals surface area contributed by atoms with Crippen LogP contribution in [0.4, 0.5) is 26.3 Å². The fourth-order valence-electron chi connectivity index (χ4n) is 2.89. The van der Waals surface area contributed by atoms with Gasteiger partial charge in [-0.25, -0.2) is 4.98 Å². The maximum absolute atomic E-state index is 12.9. The van der Waals surface area contributed by atoms with E-state index in [1.165, 1.54) is 6.20 Å². The zero-order valence-electron chi connectivity index (χ0n) is 12.9. The van der Waals surface area contributed by atoms with Crippen LogP contribution < -0.4 is 5.32 Å². The monoisotopic (exact) mass is 363 g/mol. The molecule has 2 N–H and O–H groups in total. The van der Waals surface area contributed by atoms with Gasteiger partial charge in [0.25, 0.3) is 0 Å². The van der Waals surface area contributed by atoms with Crippen molar-refractivity contribution in [1.29, 1.82) is 0 Å². The molecule has 1 aliphatic heterocycles. The molecule has 1 fully saturated rings. The minimum Gasteiger partial charge on any atom is -0.342 e. The zero-order chi connectivity index (χ0) is 18.2. The quantitative estimate of drug-likeness (QED) is 0.793. The molecule has 0 radical (unpaired) electrons. The molecule has 0 spiro atoms. The number of imidazole rings is 1. The third kappa shape index (κ3) is 4.15. The van der Waals surface area contributed by atoms with Crippen LogP contribution in [-0.4, -0.2) is 22.6 Å². The van der Waals surface area contributed by atoms with Crippen LogP contribution in [0.3, 0.4) is 0 Å². The highest BCUT2D eigenvalue weighted by Crippen LogP contribution is 2.38. The Morgan fingerprint density at radius 1 is 1.00 bits per heavy atom. The van der Waals surface area contributed by atoms with Crippen molar-refractivity contribution in [2.24, 2.45) is 0 Å². The number of benzene rings is 1. The molecule has 0 aliphatic carbocycles.